The molecule has 0 fully saturated rings. The normalized spacial score (nSPS) is 13.4. The summed E-state index contributed by atoms with van der Waals surface area (Å²) in [6.45, 7) is 4.63. The Labute approximate surface area is 419 Å². The second kappa shape index (κ2) is 50.2. The average molecular weight is 954 g/mol. The Hall–Kier alpha value is -3.23. The molecule has 0 aromatic rings. The number of allylic oxidation sites excluding steroid dienone is 12. The number of esters is 2. The average Bonchev–Trinajstić information content (AvgIpc) is 3.30. The number of hydrogen-bond donors (Lipinski definition) is 1. The third-order valence-electron chi connectivity index (χ3n) is 12.3. The van der Waals surface area contributed by atoms with Crippen LogP contribution < -0.4 is 0 Å². The maximum atomic E-state index is 12.8. The molecule has 2 unspecified atom stereocenters. The molecule has 8 nitrogen and oxygen atoms in total. The lowest BCUT2D eigenvalue weighted by Crippen LogP contribution is -2.50. The molecule has 0 bridgehead atoms. The van der Waals surface area contributed by atoms with Crippen LogP contribution in [-0.2, 0) is 28.6 Å². The molecule has 0 amide bonds. The van der Waals surface area contributed by atoms with E-state index >= 15 is 0 Å². The zero-order valence-electron chi connectivity index (χ0n) is 44.8. The largest absolute Gasteiger partial charge is 0.477 e. The molecule has 0 aliphatic heterocycles. The van der Waals surface area contributed by atoms with Crippen LogP contribution in [0.25, 0.3) is 0 Å². The number of carbonyl (C=O) groups excluding carboxylic acids is 2. The molecule has 0 rings (SSSR count). The Morgan fingerprint density at radius 3 is 1.22 bits per heavy atom. The number of carbonyl (C=O) groups is 3. The number of carboxylic acids is 1. The van der Waals surface area contributed by atoms with Crippen LogP contribution in [0.3, 0.4) is 0 Å². The Bertz CT molecular complexity index is 1340. The SMILES string of the molecule is CC/C=C/C/C=C/C/C=C/C/C=C/CCCCCCCCCCCC(=O)OCC(COCCC(C(=O)O)[N+](C)(C)C)OC(=O)CCCCCCCCC/C=C/C/C=C/CCCCCCCCCC. The van der Waals surface area contributed by atoms with E-state index in [0.717, 1.165) is 83.5 Å². The van der Waals surface area contributed by atoms with Crippen molar-refractivity contribution in [1.82, 2.24) is 0 Å². The predicted molar refractivity (Wildman–Crippen MR) is 289 cm³/mol. The maximum absolute atomic E-state index is 12.8. The molecular formula is C60H106NO7+. The van der Waals surface area contributed by atoms with Crippen molar-refractivity contribution in [3.8, 4) is 0 Å². The van der Waals surface area contributed by atoms with Crippen molar-refractivity contribution in [2.24, 2.45) is 0 Å². The summed E-state index contributed by atoms with van der Waals surface area (Å²) in [5.74, 6) is -1.48. The minimum absolute atomic E-state index is 0.0538. The van der Waals surface area contributed by atoms with Crippen molar-refractivity contribution in [1.29, 1.82) is 0 Å². The van der Waals surface area contributed by atoms with Gasteiger partial charge in [0.1, 0.15) is 6.61 Å². The van der Waals surface area contributed by atoms with Crippen molar-refractivity contribution in [3.05, 3.63) is 72.9 Å². The van der Waals surface area contributed by atoms with E-state index in [-0.39, 0.29) is 36.2 Å². The predicted octanol–water partition coefficient (Wildman–Crippen LogP) is 16.6. The van der Waals surface area contributed by atoms with E-state index in [0.29, 0.717) is 19.3 Å². The topological polar surface area (TPSA) is 99.1 Å². The van der Waals surface area contributed by atoms with Gasteiger partial charge in [0.2, 0.25) is 0 Å². The first kappa shape index (κ1) is 64.8. The molecule has 0 saturated heterocycles. The van der Waals surface area contributed by atoms with Gasteiger partial charge in [0.05, 0.1) is 34.4 Å². The highest BCUT2D eigenvalue weighted by atomic mass is 16.6. The van der Waals surface area contributed by atoms with E-state index in [1.807, 2.05) is 21.1 Å². The summed E-state index contributed by atoms with van der Waals surface area (Å²) >= 11 is 0. The van der Waals surface area contributed by atoms with E-state index in [9.17, 15) is 19.5 Å². The first-order valence-electron chi connectivity index (χ1n) is 28.0. The van der Waals surface area contributed by atoms with Crippen molar-refractivity contribution in [3.63, 3.8) is 0 Å². The zero-order valence-corrected chi connectivity index (χ0v) is 44.8. The summed E-state index contributed by atoms with van der Waals surface area (Å²) in [6.07, 6.45) is 65.3. The molecule has 392 valence electrons. The number of hydrogen-bond acceptors (Lipinski definition) is 6. The molecule has 0 aromatic carbocycles. The monoisotopic (exact) mass is 953 g/mol. The van der Waals surface area contributed by atoms with Gasteiger partial charge in [-0.2, -0.15) is 0 Å². The molecule has 0 heterocycles. The molecule has 0 aromatic heterocycles. The summed E-state index contributed by atoms with van der Waals surface area (Å²) in [6, 6.07) is -0.621. The quantitative estimate of drug-likeness (QED) is 0.0281. The van der Waals surface area contributed by atoms with E-state index < -0.39 is 18.1 Å². The third kappa shape index (κ3) is 47.8. The molecule has 0 spiro atoms. The Morgan fingerprint density at radius 2 is 0.824 bits per heavy atom. The molecule has 2 atom stereocenters. The number of carboxylic acid groups (broad SMARTS) is 1. The van der Waals surface area contributed by atoms with Gasteiger partial charge < -0.3 is 23.8 Å². The number of likely N-dealkylation sites (N-methyl/N-ethyl adjacent to an activating group) is 1. The first-order valence-corrected chi connectivity index (χ1v) is 28.0. The van der Waals surface area contributed by atoms with Gasteiger partial charge in [-0.25, -0.2) is 4.79 Å². The Kier molecular flexibility index (Phi) is 47.8. The minimum Gasteiger partial charge on any atom is -0.477 e. The van der Waals surface area contributed by atoms with Gasteiger partial charge in [-0.1, -0.05) is 209 Å². The fourth-order valence-corrected chi connectivity index (χ4v) is 8.06. The van der Waals surface area contributed by atoms with E-state index in [1.54, 1.807) is 0 Å². The summed E-state index contributed by atoms with van der Waals surface area (Å²) in [5.41, 5.74) is 0. The second-order valence-electron chi connectivity index (χ2n) is 19.8. The fourth-order valence-electron chi connectivity index (χ4n) is 8.06. The van der Waals surface area contributed by atoms with Crippen LogP contribution in [0, 0.1) is 0 Å². The van der Waals surface area contributed by atoms with Crippen LogP contribution in [0.4, 0.5) is 0 Å². The standard InChI is InChI=1S/C60H105NO7/c1-6-8-10-12-14-16-18-20-22-24-26-28-30-32-34-36-38-40-42-44-46-48-50-58(62)67-55-56(54-66-53-52-57(60(64)65)61(3,4)5)68-59(63)51-49-47-45-43-41-39-37-35-33-31-29-27-25-23-21-19-17-15-13-11-9-7-2/h8,10,14,16,20,22,25-28,31,33,56-57H,6-7,9,11-13,15,17-19,21,23-24,29-30,32,34-55H2,1-5H3/p+1/b10-8+,16-14+,22-20+,27-25+,28-26+,33-31+. The minimum atomic E-state index is -0.877. The molecule has 0 aliphatic carbocycles. The number of quaternary nitrogens is 1. The van der Waals surface area contributed by atoms with Crippen LogP contribution >= 0.6 is 0 Å². The van der Waals surface area contributed by atoms with Crippen LogP contribution in [0.2, 0.25) is 0 Å². The van der Waals surface area contributed by atoms with Gasteiger partial charge in [0.15, 0.2) is 12.1 Å². The van der Waals surface area contributed by atoms with Crippen LogP contribution in [0.1, 0.15) is 239 Å². The second-order valence-corrected chi connectivity index (χ2v) is 19.8. The lowest BCUT2D eigenvalue weighted by Gasteiger charge is -2.31. The number of nitrogens with zero attached hydrogens (tertiary/aromatic N) is 1. The first-order chi connectivity index (χ1) is 33.1. The smallest absolute Gasteiger partial charge is 0.362 e. The van der Waals surface area contributed by atoms with Crippen LogP contribution in [0.5, 0.6) is 0 Å². The van der Waals surface area contributed by atoms with Crippen molar-refractivity contribution in [2.45, 2.75) is 251 Å². The van der Waals surface area contributed by atoms with Gasteiger partial charge in [-0.05, 0) is 83.5 Å². The molecule has 0 saturated carbocycles. The highest BCUT2D eigenvalue weighted by Crippen LogP contribution is 2.15. The highest BCUT2D eigenvalue weighted by Gasteiger charge is 2.31. The van der Waals surface area contributed by atoms with Crippen molar-refractivity contribution in [2.75, 3.05) is 41.0 Å². The van der Waals surface area contributed by atoms with Gasteiger partial charge >= 0.3 is 17.9 Å². The lowest BCUT2D eigenvalue weighted by molar-refractivity contribution is -0.887. The lowest BCUT2D eigenvalue weighted by atomic mass is 10.1. The van der Waals surface area contributed by atoms with Crippen LogP contribution in [0.15, 0.2) is 72.9 Å². The van der Waals surface area contributed by atoms with Gasteiger partial charge in [0, 0.05) is 19.3 Å². The summed E-state index contributed by atoms with van der Waals surface area (Å²) < 4.78 is 17.4. The zero-order chi connectivity index (χ0) is 49.9. The molecule has 8 heteroatoms. The molecule has 0 aliphatic rings. The Morgan fingerprint density at radius 1 is 0.456 bits per heavy atom. The molecular weight excluding hydrogens is 847 g/mol. The van der Waals surface area contributed by atoms with Gasteiger partial charge in [0.25, 0.3) is 0 Å². The number of ether oxygens (including phenoxy) is 3. The Balaban J connectivity index is 4.23. The molecule has 68 heavy (non-hydrogen) atoms. The van der Waals surface area contributed by atoms with E-state index in [2.05, 4.69) is 86.8 Å². The summed E-state index contributed by atoms with van der Waals surface area (Å²) in [5, 5.41) is 9.67. The third-order valence-corrected chi connectivity index (χ3v) is 12.3. The van der Waals surface area contributed by atoms with Crippen molar-refractivity contribution >= 4 is 17.9 Å². The van der Waals surface area contributed by atoms with Crippen molar-refractivity contribution < 1.29 is 38.2 Å². The van der Waals surface area contributed by atoms with Crippen LogP contribution in [-0.4, -0.2) is 80.6 Å². The fraction of sp³-hybridized carbons (Fsp3) is 0.750. The molecule has 1 N–H and O–H groups in total. The van der Waals surface area contributed by atoms with E-state index in [4.69, 9.17) is 14.2 Å². The van der Waals surface area contributed by atoms with Gasteiger partial charge in [-0.15, -0.1) is 0 Å². The number of unbranched alkanes of at least 4 members (excludes halogenated alkanes) is 24. The highest BCUT2D eigenvalue weighted by molar-refractivity contribution is 5.72. The molecule has 0 radical (unpaired) electrons. The summed E-state index contributed by atoms with van der Waals surface area (Å²) in [7, 11) is 5.53. The number of aliphatic carboxylic acids is 1. The van der Waals surface area contributed by atoms with E-state index in [1.165, 1.54) is 122 Å². The maximum Gasteiger partial charge on any atom is 0.362 e. The van der Waals surface area contributed by atoms with Gasteiger partial charge in [-0.3, -0.25) is 9.59 Å². The number of rotatable bonds is 50. The summed E-state index contributed by atoms with van der Waals surface area (Å²) in [4.78, 5) is 37.3.